The van der Waals surface area contributed by atoms with Gasteiger partial charge in [0.05, 0.1) is 30.1 Å². The number of ether oxygens (including phenoxy) is 1. The summed E-state index contributed by atoms with van der Waals surface area (Å²) < 4.78 is 6.94. The van der Waals surface area contributed by atoms with E-state index >= 15 is 0 Å². The first-order valence-electron chi connectivity index (χ1n) is 5.70. The van der Waals surface area contributed by atoms with Gasteiger partial charge in [-0.15, -0.1) is 0 Å². The highest BCUT2D eigenvalue weighted by Crippen LogP contribution is 2.25. The van der Waals surface area contributed by atoms with Gasteiger partial charge >= 0.3 is 0 Å². The van der Waals surface area contributed by atoms with Crippen molar-refractivity contribution in [3.8, 4) is 17.5 Å². The second kappa shape index (κ2) is 4.42. The smallest absolute Gasteiger partial charge is 0.129 e. The molecule has 0 N–H and O–H groups in total. The lowest BCUT2D eigenvalue weighted by Gasteiger charge is -2.06. The van der Waals surface area contributed by atoms with Crippen molar-refractivity contribution < 1.29 is 4.74 Å². The number of nitriles is 1. The predicted octanol–water partition coefficient (Wildman–Crippen LogP) is 2.30. The molecule has 1 aromatic carbocycles. The third-order valence-electron chi connectivity index (χ3n) is 2.88. The van der Waals surface area contributed by atoms with Crippen LogP contribution in [0.2, 0.25) is 0 Å². The monoisotopic (exact) mass is 250 g/mol. The number of pyridine rings is 1. The average Bonchev–Trinajstić information content (AvgIpc) is 2.95. The molecule has 0 spiro atoms. The van der Waals surface area contributed by atoms with Crippen LogP contribution in [0.25, 0.3) is 16.6 Å². The molecule has 0 aliphatic rings. The quantitative estimate of drug-likeness (QED) is 0.700. The van der Waals surface area contributed by atoms with Gasteiger partial charge in [-0.1, -0.05) is 0 Å². The summed E-state index contributed by atoms with van der Waals surface area (Å²) in [5.74, 6) is 0.787. The summed E-state index contributed by atoms with van der Waals surface area (Å²) >= 11 is 0. The van der Waals surface area contributed by atoms with E-state index in [1.807, 2.05) is 24.3 Å². The third-order valence-corrected chi connectivity index (χ3v) is 2.88. The molecule has 0 bridgehead atoms. The van der Waals surface area contributed by atoms with Crippen LogP contribution in [0, 0.1) is 11.3 Å². The molecule has 0 atom stereocenters. The number of fused-ring (bicyclic) bond motifs is 1. The Balaban J connectivity index is 2.14. The van der Waals surface area contributed by atoms with Crippen molar-refractivity contribution in [2.75, 3.05) is 7.11 Å². The number of aromatic nitrogens is 3. The van der Waals surface area contributed by atoms with Gasteiger partial charge in [0.1, 0.15) is 11.8 Å². The maximum Gasteiger partial charge on any atom is 0.129 e. The van der Waals surface area contributed by atoms with Gasteiger partial charge < -0.3 is 4.74 Å². The zero-order chi connectivity index (χ0) is 13.2. The highest BCUT2D eigenvalue weighted by molar-refractivity contribution is 5.86. The fraction of sp³-hybridized carbons (Fsp3) is 0.0714. The first-order chi connectivity index (χ1) is 9.31. The molecule has 0 fully saturated rings. The minimum Gasteiger partial charge on any atom is -0.496 e. The van der Waals surface area contributed by atoms with E-state index in [2.05, 4.69) is 16.2 Å². The number of hydrogen-bond acceptors (Lipinski definition) is 4. The van der Waals surface area contributed by atoms with E-state index in [1.165, 1.54) is 6.20 Å². The summed E-state index contributed by atoms with van der Waals surface area (Å²) in [5.41, 5.74) is 2.21. The Bertz CT molecular complexity index is 785. The van der Waals surface area contributed by atoms with E-state index < -0.39 is 0 Å². The molecular formula is C14H10N4O. The molecule has 3 aromatic rings. The van der Waals surface area contributed by atoms with Crippen molar-refractivity contribution in [2.24, 2.45) is 0 Å². The minimum absolute atomic E-state index is 0.527. The Kier molecular flexibility index (Phi) is 2.62. The zero-order valence-electron chi connectivity index (χ0n) is 10.2. The molecule has 0 saturated heterocycles. The lowest BCUT2D eigenvalue weighted by molar-refractivity contribution is 0.419. The van der Waals surface area contributed by atoms with Gasteiger partial charge in [0.15, 0.2) is 0 Å². The summed E-state index contributed by atoms with van der Waals surface area (Å²) in [6, 6.07) is 9.64. The van der Waals surface area contributed by atoms with Gasteiger partial charge in [-0.25, -0.2) is 4.68 Å². The number of rotatable bonds is 2. The highest BCUT2D eigenvalue weighted by Gasteiger charge is 2.05. The van der Waals surface area contributed by atoms with Crippen LogP contribution >= 0.6 is 0 Å². The summed E-state index contributed by atoms with van der Waals surface area (Å²) in [6.07, 6.45) is 4.92. The number of nitrogens with zero attached hydrogens (tertiary/aromatic N) is 4. The van der Waals surface area contributed by atoms with Crippen LogP contribution in [0.4, 0.5) is 0 Å². The van der Waals surface area contributed by atoms with Crippen molar-refractivity contribution in [2.45, 2.75) is 0 Å². The summed E-state index contributed by atoms with van der Waals surface area (Å²) in [7, 11) is 1.63. The van der Waals surface area contributed by atoms with Crippen LogP contribution in [0.5, 0.6) is 5.75 Å². The predicted molar refractivity (Wildman–Crippen MR) is 70.1 cm³/mol. The maximum absolute atomic E-state index is 8.81. The minimum atomic E-state index is 0.527. The Hall–Kier alpha value is -2.87. The molecule has 0 saturated carbocycles. The molecule has 19 heavy (non-hydrogen) atoms. The van der Waals surface area contributed by atoms with Crippen LogP contribution in [-0.2, 0) is 0 Å². The maximum atomic E-state index is 8.81. The molecule has 92 valence electrons. The molecule has 3 rings (SSSR count). The first-order valence-corrected chi connectivity index (χ1v) is 5.70. The Morgan fingerprint density at radius 3 is 2.95 bits per heavy atom. The second-order valence-electron chi connectivity index (χ2n) is 4.00. The summed E-state index contributed by atoms with van der Waals surface area (Å²) in [5, 5.41) is 13.9. The van der Waals surface area contributed by atoms with Gasteiger partial charge in [0, 0.05) is 17.8 Å². The van der Waals surface area contributed by atoms with Crippen molar-refractivity contribution in [3.63, 3.8) is 0 Å². The summed E-state index contributed by atoms with van der Waals surface area (Å²) in [4.78, 5) is 4.32. The normalized spacial score (nSPS) is 10.3. The van der Waals surface area contributed by atoms with Crippen LogP contribution in [0.3, 0.4) is 0 Å². The molecular weight excluding hydrogens is 240 g/mol. The molecule has 0 aliphatic carbocycles. The van der Waals surface area contributed by atoms with Gasteiger partial charge in [-0.3, -0.25) is 4.98 Å². The van der Waals surface area contributed by atoms with Crippen molar-refractivity contribution in [1.82, 2.24) is 14.8 Å². The van der Waals surface area contributed by atoms with Crippen molar-refractivity contribution >= 4 is 10.9 Å². The molecule has 0 amide bonds. The molecule has 5 heteroatoms. The largest absolute Gasteiger partial charge is 0.496 e. The van der Waals surface area contributed by atoms with E-state index in [4.69, 9.17) is 10.00 Å². The van der Waals surface area contributed by atoms with Gasteiger partial charge in [-0.05, 0) is 24.3 Å². The standard InChI is InChI=1S/C14H10N4O/c1-19-14-4-5-16-13-6-11(2-3-12(13)14)18-9-10(7-15)8-17-18/h2-6,8-9H,1H3. The lowest BCUT2D eigenvalue weighted by atomic mass is 10.2. The fourth-order valence-corrected chi connectivity index (χ4v) is 1.95. The van der Waals surface area contributed by atoms with E-state index in [-0.39, 0.29) is 0 Å². The second-order valence-corrected chi connectivity index (χ2v) is 4.00. The number of benzene rings is 1. The third kappa shape index (κ3) is 1.89. The first kappa shape index (κ1) is 11.2. The van der Waals surface area contributed by atoms with Crippen LogP contribution in [-0.4, -0.2) is 21.9 Å². The van der Waals surface area contributed by atoms with E-state index in [0.29, 0.717) is 5.56 Å². The SMILES string of the molecule is COc1ccnc2cc(-n3cc(C#N)cn3)ccc12. The van der Waals surface area contributed by atoms with Crippen LogP contribution in [0.1, 0.15) is 5.56 Å². The van der Waals surface area contributed by atoms with Crippen LogP contribution in [0.15, 0.2) is 42.9 Å². The fourth-order valence-electron chi connectivity index (χ4n) is 1.95. The highest BCUT2D eigenvalue weighted by atomic mass is 16.5. The number of hydrogen-bond donors (Lipinski definition) is 0. The van der Waals surface area contributed by atoms with Gasteiger partial charge in [0.25, 0.3) is 0 Å². The van der Waals surface area contributed by atoms with E-state index in [9.17, 15) is 0 Å². The Labute approximate surface area is 109 Å². The molecule has 0 radical (unpaired) electrons. The van der Waals surface area contributed by atoms with E-state index in [0.717, 1.165) is 22.3 Å². The molecule has 5 nitrogen and oxygen atoms in total. The molecule has 0 aliphatic heterocycles. The number of methoxy groups -OCH3 is 1. The Morgan fingerprint density at radius 1 is 1.32 bits per heavy atom. The molecule has 2 aromatic heterocycles. The van der Waals surface area contributed by atoms with Gasteiger partial charge in [0.2, 0.25) is 0 Å². The van der Waals surface area contributed by atoms with Gasteiger partial charge in [-0.2, -0.15) is 10.4 Å². The van der Waals surface area contributed by atoms with E-state index in [1.54, 1.807) is 24.2 Å². The van der Waals surface area contributed by atoms with Crippen molar-refractivity contribution in [1.29, 1.82) is 5.26 Å². The average molecular weight is 250 g/mol. The lowest BCUT2D eigenvalue weighted by Crippen LogP contribution is -1.95. The molecule has 0 unspecified atom stereocenters. The topological polar surface area (TPSA) is 63.7 Å². The van der Waals surface area contributed by atoms with Crippen molar-refractivity contribution in [3.05, 3.63) is 48.4 Å². The van der Waals surface area contributed by atoms with Crippen LogP contribution < -0.4 is 4.74 Å². The zero-order valence-corrected chi connectivity index (χ0v) is 10.2. The Morgan fingerprint density at radius 2 is 2.21 bits per heavy atom. The summed E-state index contributed by atoms with van der Waals surface area (Å²) in [6.45, 7) is 0. The molecule has 2 heterocycles.